The Bertz CT molecular complexity index is 1200. The summed E-state index contributed by atoms with van der Waals surface area (Å²) >= 11 is -1.80. The van der Waals surface area contributed by atoms with Crippen LogP contribution in [0.4, 0.5) is 5.82 Å². The van der Waals surface area contributed by atoms with Crippen LogP contribution < -0.4 is 4.90 Å². The third-order valence-electron chi connectivity index (χ3n) is 5.50. The summed E-state index contributed by atoms with van der Waals surface area (Å²) in [5, 5.41) is 9.63. The minimum atomic E-state index is -3.42. The van der Waals surface area contributed by atoms with Crippen LogP contribution in [0.2, 0.25) is 0 Å². The number of aromatic nitrogens is 1. The second kappa shape index (κ2) is 11.2. The van der Waals surface area contributed by atoms with E-state index in [4.69, 9.17) is 4.74 Å². The van der Waals surface area contributed by atoms with Crippen LogP contribution in [-0.4, -0.2) is 57.7 Å². The standard InChI is InChI=1S/C24H28AsN3O5S/c1-16(2)33-24(30)21-13-20(14-26)23(27-17(21)3)28-11-9-19(10-12-28)22(29)25-34(31,32)15-18-7-5-4-6-8-18/h4-8,13,16,19,25H,9-12,15H2,1-3H3. The number of rotatable bonds is 8. The van der Waals surface area contributed by atoms with Crippen LogP contribution in [-0.2, 0) is 23.4 Å². The molecule has 0 saturated carbocycles. The monoisotopic (exact) mass is 545 g/mol. The van der Waals surface area contributed by atoms with Gasteiger partial charge in [-0.1, -0.05) is 0 Å². The van der Waals surface area contributed by atoms with Gasteiger partial charge < -0.3 is 0 Å². The summed E-state index contributed by atoms with van der Waals surface area (Å²) in [4.78, 5) is 31.5. The van der Waals surface area contributed by atoms with Gasteiger partial charge in [-0.3, -0.25) is 0 Å². The van der Waals surface area contributed by atoms with Gasteiger partial charge in [0, 0.05) is 0 Å². The number of pyridine rings is 1. The van der Waals surface area contributed by atoms with Crippen molar-refractivity contribution in [3.63, 3.8) is 0 Å². The molecule has 1 fully saturated rings. The van der Waals surface area contributed by atoms with E-state index in [2.05, 4.69) is 11.1 Å². The summed E-state index contributed by atoms with van der Waals surface area (Å²) in [5.74, 6) is -0.444. The second-order valence-corrected chi connectivity index (χ2v) is 16.5. The molecule has 0 amide bonds. The van der Waals surface area contributed by atoms with Crippen LogP contribution in [0.1, 0.15) is 53.9 Å². The van der Waals surface area contributed by atoms with E-state index in [1.165, 1.54) is 6.07 Å². The molecular formula is C24H28AsN3O5S. The molecule has 0 spiro atoms. The molecule has 0 aliphatic carbocycles. The Morgan fingerprint density at radius 2 is 1.88 bits per heavy atom. The van der Waals surface area contributed by atoms with Crippen molar-refractivity contribution in [3.05, 3.63) is 58.8 Å². The van der Waals surface area contributed by atoms with Crippen molar-refractivity contribution in [2.24, 2.45) is 5.92 Å². The number of hydrogen-bond donors (Lipinski definition) is 0. The molecule has 1 unspecified atom stereocenters. The van der Waals surface area contributed by atoms with Gasteiger partial charge in [0.25, 0.3) is 0 Å². The molecule has 1 aromatic carbocycles. The minimum absolute atomic E-state index is 0.0985. The molecule has 0 N–H and O–H groups in total. The summed E-state index contributed by atoms with van der Waals surface area (Å²) in [6, 6.07) is 12.5. The number of benzene rings is 1. The van der Waals surface area contributed by atoms with E-state index in [9.17, 15) is 23.3 Å². The van der Waals surface area contributed by atoms with Gasteiger partial charge in [-0.05, 0) is 13.8 Å². The molecular weight excluding hydrogens is 517 g/mol. The average molecular weight is 545 g/mol. The Hall–Kier alpha value is -2.69. The van der Waals surface area contributed by atoms with Crippen LogP contribution in [0, 0.1) is 24.2 Å². The predicted molar refractivity (Wildman–Crippen MR) is 130 cm³/mol. The second-order valence-electron chi connectivity index (χ2n) is 8.53. The number of carbonyl (C=O) groups is 2. The normalized spacial score (nSPS) is 15.0. The van der Waals surface area contributed by atoms with Gasteiger partial charge in [-0.15, -0.1) is 0 Å². The average Bonchev–Trinajstić information content (AvgIpc) is 2.78. The Labute approximate surface area is 205 Å². The van der Waals surface area contributed by atoms with Crippen LogP contribution in [0.3, 0.4) is 0 Å². The fraction of sp³-hybridized carbons (Fsp3) is 0.417. The van der Waals surface area contributed by atoms with Gasteiger partial charge >= 0.3 is 192 Å². The number of aryl methyl sites for hydroxylation is 1. The van der Waals surface area contributed by atoms with E-state index in [-0.39, 0.29) is 33.5 Å². The maximum atomic E-state index is 12.8. The Kier molecular flexibility index (Phi) is 8.51. The maximum absolute atomic E-state index is 12.8. The van der Waals surface area contributed by atoms with Crippen molar-refractivity contribution in [3.8, 4) is 6.07 Å². The zero-order valence-corrected chi connectivity index (χ0v) is 22.4. The molecule has 1 aliphatic heterocycles. The van der Waals surface area contributed by atoms with Crippen LogP contribution in [0.25, 0.3) is 0 Å². The number of nitrogens with zero attached hydrogens (tertiary/aromatic N) is 3. The molecule has 10 heteroatoms. The van der Waals surface area contributed by atoms with E-state index in [1.54, 1.807) is 45.0 Å². The van der Waals surface area contributed by atoms with Crippen molar-refractivity contribution >= 4 is 39.1 Å². The van der Waals surface area contributed by atoms with Gasteiger partial charge in [-0.2, -0.15) is 0 Å². The zero-order chi connectivity index (χ0) is 24.9. The molecule has 180 valence electrons. The molecule has 0 bridgehead atoms. The first-order chi connectivity index (χ1) is 16.1. The van der Waals surface area contributed by atoms with Gasteiger partial charge in [0.15, 0.2) is 0 Å². The molecule has 1 aromatic heterocycles. The van der Waals surface area contributed by atoms with Gasteiger partial charge in [0.1, 0.15) is 0 Å². The van der Waals surface area contributed by atoms with Crippen molar-refractivity contribution in [1.29, 1.82) is 5.26 Å². The number of nitriles is 1. The summed E-state index contributed by atoms with van der Waals surface area (Å²) in [6.07, 6.45) is 0.728. The molecule has 2 heterocycles. The Morgan fingerprint density at radius 3 is 2.47 bits per heavy atom. The van der Waals surface area contributed by atoms with Gasteiger partial charge in [-0.25, -0.2) is 0 Å². The van der Waals surface area contributed by atoms with Gasteiger partial charge in [0.05, 0.1) is 0 Å². The Morgan fingerprint density at radius 1 is 1.24 bits per heavy atom. The van der Waals surface area contributed by atoms with E-state index in [0.29, 0.717) is 43.0 Å². The molecule has 34 heavy (non-hydrogen) atoms. The van der Waals surface area contributed by atoms with Gasteiger partial charge in [0.2, 0.25) is 0 Å². The Balaban J connectivity index is 1.65. The smallest absolute Gasteiger partial charge is 0.0279 e. The number of piperidine rings is 1. The topological polar surface area (TPSA) is 117 Å². The molecule has 2 aromatic rings. The third kappa shape index (κ3) is 6.68. The third-order valence-corrected chi connectivity index (χ3v) is 11.7. The van der Waals surface area contributed by atoms with E-state index in [1.807, 2.05) is 11.0 Å². The van der Waals surface area contributed by atoms with Crippen molar-refractivity contribution in [2.75, 3.05) is 18.0 Å². The summed E-state index contributed by atoms with van der Waals surface area (Å²) in [6.45, 7) is 6.17. The minimum Gasteiger partial charge on any atom is -0.0279 e. The quantitative estimate of drug-likeness (QED) is 0.367. The molecule has 8 nitrogen and oxygen atoms in total. The first-order valence-electron chi connectivity index (χ1n) is 11.1. The van der Waals surface area contributed by atoms with Crippen LogP contribution in [0.15, 0.2) is 36.4 Å². The molecule has 1 atom stereocenters. The zero-order valence-electron chi connectivity index (χ0n) is 19.4. The molecule has 3 rings (SSSR count). The molecule has 1 aliphatic rings. The number of esters is 1. The van der Waals surface area contributed by atoms with E-state index >= 15 is 0 Å². The van der Waals surface area contributed by atoms with E-state index in [0.717, 1.165) is 0 Å². The predicted octanol–water partition coefficient (Wildman–Crippen LogP) is 2.54. The number of carbonyl (C=O) groups excluding carboxylic acids is 2. The number of anilines is 1. The fourth-order valence-corrected chi connectivity index (χ4v) is 10.1. The van der Waals surface area contributed by atoms with Crippen molar-refractivity contribution in [1.82, 2.24) is 4.98 Å². The number of ether oxygens (including phenoxy) is 1. The summed E-state index contributed by atoms with van der Waals surface area (Å²) in [7, 11) is -3.42. The molecule has 1 saturated heterocycles. The van der Waals surface area contributed by atoms with Crippen LogP contribution >= 0.6 is 0 Å². The summed E-state index contributed by atoms with van der Waals surface area (Å²) < 4.78 is 30.2. The first-order valence-corrected chi connectivity index (χ1v) is 16.3. The summed E-state index contributed by atoms with van der Waals surface area (Å²) in [5.41, 5.74) is 1.69. The fourth-order valence-electron chi connectivity index (χ4n) is 3.82. The molecule has 0 radical (unpaired) electrons. The SMILES string of the molecule is Cc1nc(N2CCC(C(=O)[AsH]S(=O)(=O)Cc3ccccc3)CC2)c(C#N)cc1C(=O)OC(C)C. The van der Waals surface area contributed by atoms with Crippen molar-refractivity contribution < 1.29 is 22.7 Å². The van der Waals surface area contributed by atoms with Crippen LogP contribution in [0.5, 0.6) is 0 Å². The first kappa shape index (κ1) is 25.9. The van der Waals surface area contributed by atoms with E-state index < -0.39 is 28.7 Å². The van der Waals surface area contributed by atoms with Crippen molar-refractivity contribution in [2.45, 2.75) is 45.5 Å². The number of hydrogen-bond acceptors (Lipinski definition) is 8.